The highest BCUT2D eigenvalue weighted by Gasteiger charge is 2.64. The predicted molar refractivity (Wildman–Crippen MR) is 137 cm³/mol. The van der Waals surface area contributed by atoms with Crippen LogP contribution in [0.2, 0.25) is 0 Å². The molecule has 1 heterocycles. The zero-order valence-corrected chi connectivity index (χ0v) is 23.1. The summed E-state index contributed by atoms with van der Waals surface area (Å²) in [5, 5.41) is 31.3. The quantitative estimate of drug-likeness (QED) is 0.525. The molecule has 1 aliphatic heterocycles. The van der Waals surface area contributed by atoms with E-state index in [1.54, 1.807) is 0 Å². The van der Waals surface area contributed by atoms with E-state index in [9.17, 15) is 20.1 Å². The number of ketones is 1. The lowest BCUT2D eigenvalue weighted by Crippen LogP contribution is -2.56. The summed E-state index contributed by atoms with van der Waals surface area (Å²) in [6.45, 7) is 14.3. The smallest absolute Gasteiger partial charge is 0.164 e. The maximum absolute atomic E-state index is 13.4. The number of rotatable bonds is 4. The third-order valence-electron chi connectivity index (χ3n) is 10.6. The summed E-state index contributed by atoms with van der Waals surface area (Å²) in [6.07, 6.45) is 7.42. The molecule has 0 aromatic rings. The maximum atomic E-state index is 13.4. The fraction of sp³-hybridized carbons (Fsp3) is 0.833. The van der Waals surface area contributed by atoms with Crippen LogP contribution >= 0.6 is 0 Å². The zero-order valence-electron chi connectivity index (χ0n) is 23.1. The minimum atomic E-state index is -0.824. The Bertz CT molecular complexity index is 990. The van der Waals surface area contributed by atoms with E-state index < -0.39 is 29.2 Å². The number of hydrogen-bond donors (Lipinski definition) is 3. The lowest BCUT2D eigenvalue weighted by molar-refractivity contribution is -0.177. The van der Waals surface area contributed by atoms with Gasteiger partial charge in [-0.3, -0.25) is 4.79 Å². The number of hydrogen-bond acceptors (Lipinski definition) is 6. The van der Waals surface area contributed by atoms with Gasteiger partial charge in [0, 0.05) is 11.8 Å². The lowest BCUT2D eigenvalue weighted by atomic mass is 9.48. The van der Waals surface area contributed by atoms with Gasteiger partial charge in [-0.1, -0.05) is 19.9 Å². The first-order valence-electron chi connectivity index (χ1n) is 13.9. The largest absolute Gasteiger partial charge is 0.390 e. The van der Waals surface area contributed by atoms with Crippen molar-refractivity contribution in [1.82, 2.24) is 0 Å². The molecule has 0 spiro atoms. The van der Waals surface area contributed by atoms with E-state index in [4.69, 9.17) is 9.47 Å². The fourth-order valence-electron chi connectivity index (χ4n) is 8.87. The van der Waals surface area contributed by atoms with E-state index in [0.29, 0.717) is 19.3 Å². The Morgan fingerprint density at radius 1 is 1.08 bits per heavy atom. The zero-order chi connectivity index (χ0) is 26.5. The van der Waals surface area contributed by atoms with Gasteiger partial charge in [0.25, 0.3) is 0 Å². The van der Waals surface area contributed by atoms with E-state index in [2.05, 4.69) is 26.8 Å². The minimum Gasteiger partial charge on any atom is -0.390 e. The molecule has 0 aromatic heterocycles. The van der Waals surface area contributed by atoms with Crippen molar-refractivity contribution in [2.45, 2.75) is 129 Å². The highest BCUT2D eigenvalue weighted by Crippen LogP contribution is 2.66. The van der Waals surface area contributed by atoms with E-state index in [1.165, 1.54) is 5.57 Å². The van der Waals surface area contributed by atoms with Crippen molar-refractivity contribution in [3.63, 3.8) is 0 Å². The second kappa shape index (κ2) is 8.22. The second-order valence-electron chi connectivity index (χ2n) is 14.2. The molecule has 36 heavy (non-hydrogen) atoms. The number of aliphatic hydroxyl groups is 3. The van der Waals surface area contributed by atoms with Crippen LogP contribution < -0.4 is 0 Å². The summed E-state index contributed by atoms with van der Waals surface area (Å²) in [6, 6.07) is 0. The monoisotopic (exact) mass is 502 g/mol. The molecule has 0 bridgehead atoms. The highest BCUT2D eigenvalue weighted by atomic mass is 16.8. The molecule has 0 radical (unpaired) electrons. The first kappa shape index (κ1) is 26.6. The first-order valence-corrected chi connectivity index (χ1v) is 13.9. The van der Waals surface area contributed by atoms with Crippen LogP contribution in [-0.2, 0) is 14.3 Å². The van der Waals surface area contributed by atoms with Gasteiger partial charge in [-0.25, -0.2) is 0 Å². The van der Waals surface area contributed by atoms with Crippen molar-refractivity contribution >= 4 is 5.78 Å². The van der Waals surface area contributed by atoms with Crippen molar-refractivity contribution in [2.24, 2.45) is 28.6 Å². The Balaban J connectivity index is 1.47. The molecule has 3 N–H and O–H groups in total. The van der Waals surface area contributed by atoms with Crippen molar-refractivity contribution in [3.05, 3.63) is 23.3 Å². The number of aliphatic hydroxyl groups excluding tert-OH is 2. The summed E-state index contributed by atoms with van der Waals surface area (Å²) in [7, 11) is 0. The third-order valence-corrected chi connectivity index (χ3v) is 10.6. The minimum absolute atomic E-state index is 0.0964. The molecule has 6 nitrogen and oxygen atoms in total. The highest BCUT2D eigenvalue weighted by molar-refractivity contribution is 5.95. The van der Waals surface area contributed by atoms with Gasteiger partial charge in [0.15, 0.2) is 11.6 Å². The molecule has 4 aliphatic carbocycles. The molecule has 0 unspecified atom stereocenters. The van der Waals surface area contributed by atoms with Crippen LogP contribution in [-0.4, -0.2) is 56.4 Å². The Morgan fingerprint density at radius 3 is 2.44 bits per heavy atom. The average molecular weight is 503 g/mol. The van der Waals surface area contributed by atoms with Gasteiger partial charge >= 0.3 is 0 Å². The lowest BCUT2D eigenvalue weighted by Gasteiger charge is -2.57. The normalized spacial score (nSPS) is 48.1. The number of allylic oxidation sites excluding steroid dienone is 4. The molecular formula is C30H46O6. The molecule has 0 aromatic carbocycles. The van der Waals surface area contributed by atoms with E-state index in [-0.39, 0.29) is 40.5 Å². The van der Waals surface area contributed by atoms with Gasteiger partial charge in [0.1, 0.15) is 0 Å². The summed E-state index contributed by atoms with van der Waals surface area (Å²) >= 11 is 0. The summed E-state index contributed by atoms with van der Waals surface area (Å²) in [4.78, 5) is 13.4. The number of fused-ring (bicyclic) bond motifs is 5. The molecule has 5 aliphatic rings. The summed E-state index contributed by atoms with van der Waals surface area (Å²) in [5.74, 6) is -0.442. The van der Waals surface area contributed by atoms with E-state index in [0.717, 1.165) is 31.3 Å². The van der Waals surface area contributed by atoms with Crippen molar-refractivity contribution in [2.75, 3.05) is 0 Å². The number of carbonyl (C=O) groups is 1. The molecule has 2 saturated carbocycles. The third kappa shape index (κ3) is 3.98. The topological polar surface area (TPSA) is 96.2 Å². The van der Waals surface area contributed by atoms with Gasteiger partial charge < -0.3 is 24.8 Å². The Labute approximate surface area is 216 Å². The standard InChI is InChI=1S/C30H46O6/c1-26(2,34)12-11-25-30(7,36-27(3,4)35-25)24-9-8-18-17-14-21(31)20-15-22(32)23(33)16-29(20,6)19(17)10-13-28(18,24)5/h8,14,19-20,22-25,32-34H,9-13,15-16H2,1-7H3/t19-,20-,22+,23-,24-,25+,28-,29+,30+/m0/s1. The first-order chi connectivity index (χ1) is 16.5. The number of carbonyl (C=O) groups excluding carboxylic acids is 1. The van der Waals surface area contributed by atoms with Crippen LogP contribution in [0.15, 0.2) is 23.3 Å². The maximum Gasteiger partial charge on any atom is 0.164 e. The van der Waals surface area contributed by atoms with Gasteiger partial charge in [-0.2, -0.15) is 0 Å². The molecule has 5 rings (SSSR count). The average Bonchev–Trinajstić information content (AvgIpc) is 3.21. The fourth-order valence-corrected chi connectivity index (χ4v) is 8.87. The van der Waals surface area contributed by atoms with Crippen LogP contribution in [0.1, 0.15) is 93.4 Å². The van der Waals surface area contributed by atoms with Gasteiger partial charge in [-0.15, -0.1) is 0 Å². The molecule has 6 heteroatoms. The summed E-state index contributed by atoms with van der Waals surface area (Å²) < 4.78 is 13.2. The van der Waals surface area contributed by atoms with Crippen LogP contribution in [0.5, 0.6) is 0 Å². The van der Waals surface area contributed by atoms with Crippen LogP contribution in [0.25, 0.3) is 0 Å². The molecule has 0 amide bonds. The van der Waals surface area contributed by atoms with Gasteiger partial charge in [0.05, 0.1) is 29.5 Å². The molecule has 202 valence electrons. The second-order valence-corrected chi connectivity index (χ2v) is 14.2. The SMILES string of the molecule is CC(C)(O)CC[C@H]1OC(C)(C)O[C@]1(C)[C@H]1CC=C2C3=CC(=O)[C@@H]4C[C@@H](O)[C@@H](O)C[C@]4(C)[C@H]3CC[C@@]21C. The Kier molecular flexibility index (Phi) is 6.07. The molecular weight excluding hydrogens is 456 g/mol. The molecule has 1 saturated heterocycles. The van der Waals surface area contributed by atoms with Crippen molar-refractivity contribution < 1.29 is 29.6 Å². The van der Waals surface area contributed by atoms with E-state index in [1.807, 2.05) is 33.8 Å². The predicted octanol–water partition coefficient (Wildman–Crippen LogP) is 4.46. The Morgan fingerprint density at radius 2 is 1.78 bits per heavy atom. The molecule has 3 fully saturated rings. The van der Waals surface area contributed by atoms with Crippen LogP contribution in [0.4, 0.5) is 0 Å². The van der Waals surface area contributed by atoms with Crippen LogP contribution in [0.3, 0.4) is 0 Å². The van der Waals surface area contributed by atoms with Gasteiger partial charge in [0.2, 0.25) is 0 Å². The van der Waals surface area contributed by atoms with E-state index >= 15 is 0 Å². The number of ether oxygens (including phenoxy) is 2. The van der Waals surface area contributed by atoms with Crippen molar-refractivity contribution in [3.8, 4) is 0 Å². The summed E-state index contributed by atoms with van der Waals surface area (Å²) in [5.41, 5.74) is 0.639. The van der Waals surface area contributed by atoms with Gasteiger partial charge in [-0.05, 0) is 114 Å². The van der Waals surface area contributed by atoms with Crippen LogP contribution in [0, 0.1) is 28.6 Å². The molecule has 9 atom stereocenters. The van der Waals surface area contributed by atoms with Crippen molar-refractivity contribution in [1.29, 1.82) is 0 Å². The Hall–Kier alpha value is -1.05.